The van der Waals surface area contributed by atoms with Crippen molar-refractivity contribution in [1.29, 1.82) is 0 Å². The molecule has 1 fully saturated rings. The van der Waals surface area contributed by atoms with Crippen molar-refractivity contribution < 1.29 is 16.5 Å². The quantitative estimate of drug-likeness (QED) is 0.507. The third kappa shape index (κ3) is 4.14. The Hall–Kier alpha value is 0.668. The summed E-state index contributed by atoms with van der Waals surface area (Å²) in [5.74, 6) is 0. The minimum atomic E-state index is -1.59. The van der Waals surface area contributed by atoms with Gasteiger partial charge >= 0.3 is 9.45 Å². The van der Waals surface area contributed by atoms with Crippen molar-refractivity contribution in [3.63, 3.8) is 0 Å². The summed E-state index contributed by atoms with van der Waals surface area (Å²) < 4.78 is 24.3. The molecule has 0 aliphatic carbocycles. The highest BCUT2D eigenvalue weighted by Crippen LogP contribution is 1.99. The molecule has 13 heavy (non-hydrogen) atoms. The standard InChI is InChI=1S/C4H17NO4Si4/c1-3-5(4-2)13-8-11-6-10-7-12-9-13/h13H,3-4,10-12H2,1-2H3. The highest BCUT2D eigenvalue weighted by atomic mass is 28.4. The summed E-state index contributed by atoms with van der Waals surface area (Å²) in [4.78, 5) is 0. The molecule has 0 aromatic heterocycles. The van der Waals surface area contributed by atoms with E-state index < -0.39 is 39.5 Å². The molecule has 0 saturated carbocycles. The van der Waals surface area contributed by atoms with E-state index in [2.05, 4.69) is 18.4 Å². The molecule has 0 radical (unpaired) electrons. The Labute approximate surface area is 87.8 Å². The van der Waals surface area contributed by atoms with Gasteiger partial charge in [0.2, 0.25) is 0 Å². The third-order valence-electron chi connectivity index (χ3n) is 1.87. The Kier molecular flexibility index (Phi) is 6.34. The number of hydrogen-bond donors (Lipinski definition) is 0. The third-order valence-corrected chi connectivity index (χ3v) is 9.23. The van der Waals surface area contributed by atoms with E-state index in [4.69, 9.17) is 16.5 Å². The molecule has 9 heteroatoms. The molecule has 0 atom stereocenters. The summed E-state index contributed by atoms with van der Waals surface area (Å²) in [5, 5.41) is 0. The van der Waals surface area contributed by atoms with Crippen molar-refractivity contribution in [2.24, 2.45) is 0 Å². The Morgan fingerprint density at radius 3 is 2.00 bits per heavy atom. The van der Waals surface area contributed by atoms with Gasteiger partial charge in [-0.15, -0.1) is 0 Å². The molecule has 0 aromatic carbocycles. The zero-order valence-electron chi connectivity index (χ0n) is 8.19. The van der Waals surface area contributed by atoms with Crippen molar-refractivity contribution in [2.75, 3.05) is 13.1 Å². The van der Waals surface area contributed by atoms with E-state index in [1.807, 2.05) is 0 Å². The van der Waals surface area contributed by atoms with Crippen LogP contribution in [0.4, 0.5) is 0 Å². The molecule has 1 aliphatic heterocycles. The van der Waals surface area contributed by atoms with Crippen LogP contribution in [0.25, 0.3) is 0 Å². The normalized spacial score (nSPS) is 31.2. The van der Waals surface area contributed by atoms with Crippen molar-refractivity contribution in [2.45, 2.75) is 13.8 Å². The van der Waals surface area contributed by atoms with Crippen molar-refractivity contribution >= 4 is 39.5 Å². The van der Waals surface area contributed by atoms with Crippen LogP contribution >= 0.6 is 0 Å². The van der Waals surface area contributed by atoms with Crippen LogP contribution in [-0.4, -0.2) is 57.1 Å². The summed E-state index contributed by atoms with van der Waals surface area (Å²) >= 11 is 0. The second kappa shape index (κ2) is 7.03. The first-order chi connectivity index (χ1) is 6.38. The summed E-state index contributed by atoms with van der Waals surface area (Å²) in [5.41, 5.74) is 0. The largest absolute Gasteiger partial charge is 0.425 e. The maximum Gasteiger partial charge on any atom is 0.392 e. The predicted octanol–water partition coefficient (Wildman–Crippen LogP) is -2.88. The first-order valence-corrected chi connectivity index (χ1v) is 9.43. The van der Waals surface area contributed by atoms with E-state index in [0.29, 0.717) is 0 Å². The zero-order valence-corrected chi connectivity index (χ0v) is 13.6. The lowest BCUT2D eigenvalue weighted by Gasteiger charge is -2.28. The van der Waals surface area contributed by atoms with Gasteiger partial charge in [0.1, 0.15) is 0 Å². The molecule has 0 bridgehead atoms. The molecule has 1 aliphatic rings. The lowest BCUT2D eigenvalue weighted by Crippen LogP contribution is -2.47. The lowest BCUT2D eigenvalue weighted by atomic mass is 10.7. The van der Waals surface area contributed by atoms with Gasteiger partial charge < -0.3 is 16.5 Å². The molecule has 78 valence electrons. The fourth-order valence-corrected chi connectivity index (χ4v) is 10.2. The smallest absolute Gasteiger partial charge is 0.392 e. The molecule has 1 heterocycles. The molecular weight excluding hydrogens is 238 g/mol. The summed E-state index contributed by atoms with van der Waals surface area (Å²) in [6.45, 7) is 6.24. The van der Waals surface area contributed by atoms with Crippen LogP contribution in [0, 0.1) is 0 Å². The average Bonchev–Trinajstić information content (AvgIpc) is 2.09. The molecule has 1 saturated heterocycles. The second-order valence-electron chi connectivity index (χ2n) is 2.62. The highest BCUT2D eigenvalue weighted by molar-refractivity contribution is 6.58. The number of nitrogens with zero attached hydrogens (tertiary/aromatic N) is 1. The number of hydrogen-bond acceptors (Lipinski definition) is 5. The van der Waals surface area contributed by atoms with Gasteiger partial charge in [-0.3, -0.25) is 4.57 Å². The van der Waals surface area contributed by atoms with E-state index in [-0.39, 0.29) is 0 Å². The van der Waals surface area contributed by atoms with Crippen LogP contribution < -0.4 is 0 Å². The van der Waals surface area contributed by atoms with Gasteiger partial charge in [0.05, 0.1) is 0 Å². The van der Waals surface area contributed by atoms with Gasteiger partial charge in [-0.05, 0) is 13.1 Å². The molecule has 0 N–H and O–H groups in total. The molecule has 5 nitrogen and oxygen atoms in total. The molecular formula is C4H17NO4Si4. The average molecular weight is 256 g/mol. The molecule has 0 amide bonds. The van der Waals surface area contributed by atoms with Crippen LogP contribution in [0.5, 0.6) is 0 Å². The Balaban J connectivity index is 2.35. The van der Waals surface area contributed by atoms with Gasteiger partial charge in [-0.25, -0.2) is 0 Å². The monoisotopic (exact) mass is 255 g/mol. The second-order valence-corrected chi connectivity index (χ2v) is 10.6. The number of rotatable bonds is 3. The van der Waals surface area contributed by atoms with E-state index in [0.717, 1.165) is 13.1 Å². The van der Waals surface area contributed by atoms with Crippen molar-refractivity contribution in [1.82, 2.24) is 4.57 Å². The Bertz CT molecular complexity index is 129. The minimum Gasteiger partial charge on any atom is -0.425 e. The first-order valence-electron chi connectivity index (χ1n) is 4.51. The summed E-state index contributed by atoms with van der Waals surface area (Å²) in [6.07, 6.45) is 0. The molecule has 0 aromatic rings. The van der Waals surface area contributed by atoms with Crippen molar-refractivity contribution in [3.8, 4) is 0 Å². The van der Waals surface area contributed by atoms with Crippen LogP contribution in [0.3, 0.4) is 0 Å². The van der Waals surface area contributed by atoms with Crippen LogP contribution in [0.2, 0.25) is 0 Å². The van der Waals surface area contributed by atoms with E-state index in [1.54, 1.807) is 0 Å². The summed E-state index contributed by atoms with van der Waals surface area (Å²) in [7, 11) is -3.92. The van der Waals surface area contributed by atoms with Gasteiger partial charge in [0.15, 0.2) is 0 Å². The highest BCUT2D eigenvalue weighted by Gasteiger charge is 2.22. The maximum atomic E-state index is 5.68. The van der Waals surface area contributed by atoms with Gasteiger partial charge in [0.25, 0.3) is 30.0 Å². The molecule has 0 unspecified atom stereocenters. The fourth-order valence-electron chi connectivity index (χ4n) is 1.12. The fraction of sp³-hybridized carbons (Fsp3) is 1.00. The first kappa shape index (κ1) is 11.7. The van der Waals surface area contributed by atoms with Crippen molar-refractivity contribution in [3.05, 3.63) is 0 Å². The molecule has 1 rings (SSSR count). The van der Waals surface area contributed by atoms with E-state index in [9.17, 15) is 0 Å². The van der Waals surface area contributed by atoms with E-state index in [1.165, 1.54) is 0 Å². The Morgan fingerprint density at radius 1 is 1.00 bits per heavy atom. The molecule has 0 spiro atoms. The van der Waals surface area contributed by atoms with Crippen LogP contribution in [0.1, 0.15) is 13.8 Å². The predicted molar refractivity (Wildman–Crippen MR) is 60.0 cm³/mol. The van der Waals surface area contributed by atoms with Crippen LogP contribution in [-0.2, 0) is 16.5 Å². The summed E-state index contributed by atoms with van der Waals surface area (Å²) in [6, 6.07) is 0. The van der Waals surface area contributed by atoms with Crippen LogP contribution in [0.15, 0.2) is 0 Å². The zero-order chi connectivity index (χ0) is 9.52. The van der Waals surface area contributed by atoms with Gasteiger partial charge in [0, 0.05) is 0 Å². The minimum absolute atomic E-state index is 0.731. The Morgan fingerprint density at radius 2 is 1.54 bits per heavy atom. The topological polar surface area (TPSA) is 40.2 Å². The maximum absolute atomic E-state index is 5.68. The van der Waals surface area contributed by atoms with E-state index >= 15 is 0 Å². The lowest BCUT2D eigenvalue weighted by molar-refractivity contribution is 0.263. The SMILES string of the molecule is CCN(CC)[SiH]1O[SiH2]O[SiH2]O[SiH2]O1. The van der Waals surface area contributed by atoms with Gasteiger partial charge in [-0.2, -0.15) is 0 Å². The van der Waals surface area contributed by atoms with Gasteiger partial charge in [-0.1, -0.05) is 13.8 Å².